The van der Waals surface area contributed by atoms with Crippen LogP contribution in [0.25, 0.3) is 0 Å². The highest BCUT2D eigenvalue weighted by Crippen LogP contribution is 2.21. The summed E-state index contributed by atoms with van der Waals surface area (Å²) in [7, 11) is 1.48. The van der Waals surface area contributed by atoms with Crippen LogP contribution in [0.5, 0.6) is 0 Å². The van der Waals surface area contributed by atoms with Crippen molar-refractivity contribution >= 4 is 23.4 Å². The summed E-state index contributed by atoms with van der Waals surface area (Å²) >= 11 is 0. The van der Waals surface area contributed by atoms with E-state index in [0.717, 1.165) is 44.0 Å². The second kappa shape index (κ2) is 10.0. The fourth-order valence-corrected chi connectivity index (χ4v) is 3.40. The minimum atomic E-state index is -0.516. The number of benzene rings is 1. The number of hydrogen-bond donors (Lipinski definition) is 3. The average Bonchev–Trinajstić information content (AvgIpc) is 2.74. The second-order valence-corrected chi connectivity index (χ2v) is 7.04. The lowest BCUT2D eigenvalue weighted by Crippen LogP contribution is -2.46. The van der Waals surface area contributed by atoms with E-state index in [1.165, 1.54) is 19.2 Å². The predicted octanol–water partition coefficient (Wildman–Crippen LogP) is 2.04. The van der Waals surface area contributed by atoms with Crippen LogP contribution in [0.4, 0.5) is 20.7 Å². The molecule has 0 spiro atoms. The molecule has 2 heterocycles. The van der Waals surface area contributed by atoms with E-state index in [2.05, 4.69) is 30.7 Å². The minimum Gasteiger partial charge on any atom is -0.369 e. The van der Waals surface area contributed by atoms with Gasteiger partial charge in [-0.1, -0.05) is 0 Å². The molecular formula is C21H27FN6O2. The standard InChI is InChI=1S/C21H27FN6O2/c1-3-24-21(30)26-19-12-15(6-7-25-19)14-27-8-10-28(11-9-27)16-4-5-17(18(22)13-16)20(29)23-2/h4-7,12-13H,3,8-11,14H2,1-2H3,(H,23,29)(H2,24,25,26,30). The molecular weight excluding hydrogens is 387 g/mol. The predicted molar refractivity (Wildman–Crippen MR) is 114 cm³/mol. The van der Waals surface area contributed by atoms with Gasteiger partial charge < -0.3 is 15.5 Å². The van der Waals surface area contributed by atoms with Gasteiger partial charge in [-0.05, 0) is 42.8 Å². The molecule has 3 rings (SSSR count). The van der Waals surface area contributed by atoms with Crippen LogP contribution in [-0.2, 0) is 6.54 Å². The molecule has 0 radical (unpaired) electrons. The largest absolute Gasteiger partial charge is 0.369 e. The lowest BCUT2D eigenvalue weighted by Gasteiger charge is -2.36. The molecule has 30 heavy (non-hydrogen) atoms. The number of anilines is 2. The van der Waals surface area contributed by atoms with Crippen LogP contribution < -0.4 is 20.9 Å². The first kappa shape index (κ1) is 21.5. The number of carbonyl (C=O) groups excluding carboxylic acids is 2. The molecule has 1 aromatic carbocycles. The van der Waals surface area contributed by atoms with E-state index < -0.39 is 11.7 Å². The van der Waals surface area contributed by atoms with Crippen molar-refractivity contribution in [1.29, 1.82) is 0 Å². The monoisotopic (exact) mass is 414 g/mol. The van der Waals surface area contributed by atoms with Gasteiger partial charge >= 0.3 is 6.03 Å². The summed E-state index contributed by atoms with van der Waals surface area (Å²) in [6.07, 6.45) is 1.68. The van der Waals surface area contributed by atoms with Crippen molar-refractivity contribution < 1.29 is 14.0 Å². The number of aromatic nitrogens is 1. The smallest absolute Gasteiger partial charge is 0.320 e. The summed E-state index contributed by atoms with van der Waals surface area (Å²) in [5, 5.41) is 7.84. The van der Waals surface area contributed by atoms with Gasteiger partial charge in [0.25, 0.3) is 5.91 Å². The maximum Gasteiger partial charge on any atom is 0.320 e. The molecule has 3 amide bonds. The zero-order valence-electron chi connectivity index (χ0n) is 17.2. The van der Waals surface area contributed by atoms with Crippen molar-refractivity contribution in [3.63, 3.8) is 0 Å². The molecule has 1 saturated heterocycles. The van der Waals surface area contributed by atoms with Crippen LogP contribution in [-0.4, -0.2) is 61.6 Å². The van der Waals surface area contributed by atoms with Gasteiger partial charge in [0, 0.05) is 58.2 Å². The number of carbonyl (C=O) groups is 2. The summed E-state index contributed by atoms with van der Waals surface area (Å²) in [4.78, 5) is 31.9. The van der Waals surface area contributed by atoms with Gasteiger partial charge in [0.05, 0.1) is 5.56 Å². The van der Waals surface area contributed by atoms with Gasteiger partial charge in [-0.15, -0.1) is 0 Å². The Kier molecular flexibility index (Phi) is 7.18. The third-order valence-corrected chi connectivity index (χ3v) is 4.97. The van der Waals surface area contributed by atoms with Crippen LogP contribution in [0.15, 0.2) is 36.5 Å². The molecule has 8 nitrogen and oxygen atoms in total. The first-order chi connectivity index (χ1) is 14.5. The van der Waals surface area contributed by atoms with Crippen molar-refractivity contribution in [2.45, 2.75) is 13.5 Å². The van der Waals surface area contributed by atoms with E-state index in [1.54, 1.807) is 12.3 Å². The summed E-state index contributed by atoms with van der Waals surface area (Å²) in [6, 6.07) is 8.26. The number of nitrogens with one attached hydrogen (secondary N) is 3. The van der Waals surface area contributed by atoms with Crippen LogP contribution in [0.1, 0.15) is 22.8 Å². The van der Waals surface area contributed by atoms with Gasteiger partial charge in [-0.3, -0.25) is 15.0 Å². The third-order valence-electron chi connectivity index (χ3n) is 4.97. The number of amides is 3. The first-order valence-electron chi connectivity index (χ1n) is 9.99. The average molecular weight is 414 g/mol. The molecule has 0 bridgehead atoms. The number of nitrogens with zero attached hydrogens (tertiary/aromatic N) is 3. The highest BCUT2D eigenvalue weighted by molar-refractivity contribution is 5.94. The highest BCUT2D eigenvalue weighted by atomic mass is 19.1. The van der Waals surface area contributed by atoms with Crippen molar-refractivity contribution in [2.75, 3.05) is 50.0 Å². The van der Waals surface area contributed by atoms with Crippen molar-refractivity contribution in [2.24, 2.45) is 0 Å². The molecule has 1 fully saturated rings. The van der Waals surface area contributed by atoms with Crippen LogP contribution in [0.2, 0.25) is 0 Å². The number of urea groups is 1. The Morgan fingerprint density at radius 1 is 1.13 bits per heavy atom. The zero-order chi connectivity index (χ0) is 21.5. The Morgan fingerprint density at radius 2 is 1.90 bits per heavy atom. The summed E-state index contributed by atoms with van der Waals surface area (Å²) in [5.41, 5.74) is 1.89. The first-order valence-corrected chi connectivity index (χ1v) is 9.99. The second-order valence-electron chi connectivity index (χ2n) is 7.04. The summed E-state index contributed by atoms with van der Waals surface area (Å²) in [6.45, 7) is 6.30. The Labute approximate surface area is 175 Å². The van der Waals surface area contributed by atoms with Crippen molar-refractivity contribution in [1.82, 2.24) is 20.5 Å². The Balaban J connectivity index is 1.55. The number of rotatable bonds is 6. The van der Waals surface area contributed by atoms with Crippen molar-refractivity contribution in [3.8, 4) is 0 Å². The van der Waals surface area contributed by atoms with E-state index in [1.807, 2.05) is 19.1 Å². The van der Waals surface area contributed by atoms with Crippen LogP contribution >= 0.6 is 0 Å². The summed E-state index contributed by atoms with van der Waals surface area (Å²) < 4.78 is 14.2. The topological polar surface area (TPSA) is 89.6 Å². The maximum absolute atomic E-state index is 14.2. The Hall–Kier alpha value is -3.20. The number of halogens is 1. The number of hydrogen-bond acceptors (Lipinski definition) is 5. The fraction of sp³-hybridized carbons (Fsp3) is 0.381. The van der Waals surface area contributed by atoms with Gasteiger partial charge in [0.1, 0.15) is 11.6 Å². The van der Waals surface area contributed by atoms with Crippen molar-refractivity contribution in [3.05, 3.63) is 53.5 Å². The van der Waals surface area contributed by atoms with E-state index in [0.29, 0.717) is 12.4 Å². The summed E-state index contributed by atoms with van der Waals surface area (Å²) in [5.74, 6) is -0.427. The molecule has 0 unspecified atom stereocenters. The number of pyridine rings is 1. The lowest BCUT2D eigenvalue weighted by molar-refractivity contribution is 0.0959. The molecule has 0 atom stereocenters. The highest BCUT2D eigenvalue weighted by Gasteiger charge is 2.19. The molecule has 1 aliphatic rings. The van der Waals surface area contributed by atoms with E-state index in [9.17, 15) is 14.0 Å². The maximum atomic E-state index is 14.2. The quantitative estimate of drug-likeness (QED) is 0.673. The minimum absolute atomic E-state index is 0.0506. The third kappa shape index (κ3) is 5.44. The molecule has 1 aliphatic heterocycles. The van der Waals surface area contributed by atoms with E-state index in [-0.39, 0.29) is 11.6 Å². The van der Waals surface area contributed by atoms with Gasteiger partial charge in [0.2, 0.25) is 0 Å². The molecule has 0 saturated carbocycles. The molecule has 1 aromatic heterocycles. The molecule has 9 heteroatoms. The van der Waals surface area contributed by atoms with Crippen LogP contribution in [0, 0.1) is 5.82 Å². The van der Waals surface area contributed by atoms with Gasteiger partial charge in [-0.25, -0.2) is 14.2 Å². The lowest BCUT2D eigenvalue weighted by atomic mass is 10.1. The molecule has 0 aliphatic carbocycles. The number of piperazine rings is 1. The zero-order valence-corrected chi connectivity index (χ0v) is 17.2. The normalized spacial score (nSPS) is 14.3. The van der Waals surface area contributed by atoms with Crippen LogP contribution in [0.3, 0.4) is 0 Å². The van der Waals surface area contributed by atoms with Gasteiger partial charge in [0.15, 0.2) is 0 Å². The Bertz CT molecular complexity index is 899. The van der Waals surface area contributed by atoms with Gasteiger partial charge in [-0.2, -0.15) is 0 Å². The SMILES string of the molecule is CCNC(=O)Nc1cc(CN2CCN(c3ccc(C(=O)NC)c(F)c3)CC2)ccn1. The van der Waals surface area contributed by atoms with E-state index in [4.69, 9.17) is 0 Å². The fourth-order valence-electron chi connectivity index (χ4n) is 3.40. The molecule has 160 valence electrons. The molecule has 2 aromatic rings. The Morgan fingerprint density at radius 3 is 2.57 bits per heavy atom. The van der Waals surface area contributed by atoms with E-state index >= 15 is 0 Å². The molecule has 3 N–H and O–H groups in total.